The van der Waals surface area contributed by atoms with Crippen LogP contribution in [-0.2, 0) is 19.7 Å². The molecule has 3 aromatic rings. The number of nitrogens with one attached hydrogen (secondary N) is 1. The molecule has 8 heteroatoms. The number of rotatable bonds is 8. The number of anilines is 1. The van der Waals surface area contributed by atoms with E-state index in [9.17, 15) is 4.39 Å². The van der Waals surface area contributed by atoms with Gasteiger partial charge in [0.1, 0.15) is 18.2 Å². The summed E-state index contributed by atoms with van der Waals surface area (Å²) in [5.74, 6) is 0.881. The summed E-state index contributed by atoms with van der Waals surface area (Å²) >= 11 is 6.02. The van der Waals surface area contributed by atoms with E-state index in [1.54, 1.807) is 16.8 Å². The standard InChI is InChI=1S/C18H19ClFN5O/c1-2-9-25-18(22-23-24-25)21-11-13-5-3-6-14(10-13)26-12-15-16(19)7-4-8-17(15)20/h3-8,10H,2,9,11-12H2,1H3,(H,21,22,24). The molecular weight excluding hydrogens is 357 g/mol. The molecule has 1 heterocycles. The van der Waals surface area contributed by atoms with Crippen LogP contribution in [0.1, 0.15) is 24.5 Å². The molecule has 2 aromatic carbocycles. The van der Waals surface area contributed by atoms with E-state index in [0.717, 1.165) is 18.5 Å². The van der Waals surface area contributed by atoms with E-state index >= 15 is 0 Å². The SMILES string of the molecule is CCCn1nnnc1NCc1cccc(OCc2c(F)cccc2Cl)c1. The number of hydrogen-bond acceptors (Lipinski definition) is 5. The van der Waals surface area contributed by atoms with Gasteiger partial charge in [-0.25, -0.2) is 9.07 Å². The van der Waals surface area contributed by atoms with E-state index in [-0.39, 0.29) is 12.4 Å². The molecular formula is C18H19ClFN5O. The van der Waals surface area contributed by atoms with E-state index < -0.39 is 0 Å². The average molecular weight is 376 g/mol. The third-order valence-corrected chi connectivity index (χ3v) is 4.12. The third kappa shape index (κ3) is 4.49. The fourth-order valence-corrected chi connectivity index (χ4v) is 2.66. The van der Waals surface area contributed by atoms with E-state index in [4.69, 9.17) is 16.3 Å². The fourth-order valence-electron chi connectivity index (χ4n) is 2.45. The predicted molar refractivity (Wildman–Crippen MR) is 97.6 cm³/mol. The first-order valence-electron chi connectivity index (χ1n) is 8.32. The van der Waals surface area contributed by atoms with Crippen molar-refractivity contribution in [2.45, 2.75) is 33.0 Å². The number of hydrogen-bond donors (Lipinski definition) is 1. The van der Waals surface area contributed by atoms with Gasteiger partial charge < -0.3 is 10.1 Å². The Labute approximate surface area is 155 Å². The van der Waals surface area contributed by atoms with Crippen molar-refractivity contribution in [1.29, 1.82) is 0 Å². The van der Waals surface area contributed by atoms with Crippen molar-refractivity contribution < 1.29 is 9.13 Å². The minimum atomic E-state index is -0.377. The van der Waals surface area contributed by atoms with E-state index in [0.29, 0.717) is 28.8 Å². The maximum absolute atomic E-state index is 13.8. The molecule has 0 aliphatic rings. The summed E-state index contributed by atoms with van der Waals surface area (Å²) < 4.78 is 21.2. The van der Waals surface area contributed by atoms with Crippen molar-refractivity contribution >= 4 is 17.5 Å². The maximum Gasteiger partial charge on any atom is 0.243 e. The monoisotopic (exact) mass is 375 g/mol. The van der Waals surface area contributed by atoms with Gasteiger partial charge in [-0.15, -0.1) is 0 Å². The van der Waals surface area contributed by atoms with Gasteiger partial charge in [0.2, 0.25) is 5.95 Å². The lowest BCUT2D eigenvalue weighted by atomic mass is 10.2. The van der Waals surface area contributed by atoms with Gasteiger partial charge in [0.25, 0.3) is 0 Å². The van der Waals surface area contributed by atoms with Crippen molar-refractivity contribution in [2.75, 3.05) is 5.32 Å². The second-order valence-corrected chi connectivity index (χ2v) is 6.12. The first kappa shape index (κ1) is 18.1. The van der Waals surface area contributed by atoms with Crippen LogP contribution < -0.4 is 10.1 Å². The number of halogens is 2. The second kappa shape index (κ2) is 8.62. The molecule has 0 spiro atoms. The number of aromatic nitrogens is 4. The quantitative estimate of drug-likeness (QED) is 0.643. The van der Waals surface area contributed by atoms with Gasteiger partial charge in [-0.05, 0) is 46.7 Å². The van der Waals surface area contributed by atoms with Crippen LogP contribution in [0.2, 0.25) is 5.02 Å². The fraction of sp³-hybridized carbons (Fsp3) is 0.278. The maximum atomic E-state index is 13.8. The molecule has 0 saturated heterocycles. The Hall–Kier alpha value is -2.67. The van der Waals surface area contributed by atoms with Gasteiger partial charge in [0, 0.05) is 18.7 Å². The van der Waals surface area contributed by atoms with Gasteiger partial charge in [-0.1, -0.05) is 41.8 Å². The highest BCUT2D eigenvalue weighted by atomic mass is 35.5. The topological polar surface area (TPSA) is 64.9 Å². The summed E-state index contributed by atoms with van der Waals surface area (Å²) in [6, 6.07) is 12.1. The molecule has 3 rings (SSSR count). The molecule has 0 aliphatic carbocycles. The molecule has 6 nitrogen and oxygen atoms in total. The first-order chi connectivity index (χ1) is 12.7. The van der Waals surface area contributed by atoms with Gasteiger partial charge >= 0.3 is 0 Å². The van der Waals surface area contributed by atoms with Gasteiger partial charge in [-0.3, -0.25) is 0 Å². The zero-order valence-corrected chi connectivity index (χ0v) is 15.1. The second-order valence-electron chi connectivity index (χ2n) is 5.72. The largest absolute Gasteiger partial charge is 0.489 e. The molecule has 0 amide bonds. The molecule has 0 atom stereocenters. The number of aryl methyl sites for hydroxylation is 1. The Kier molecular flexibility index (Phi) is 6.01. The molecule has 0 unspecified atom stereocenters. The molecule has 0 saturated carbocycles. The van der Waals surface area contributed by atoms with E-state index in [2.05, 4.69) is 27.8 Å². The molecule has 1 N–H and O–H groups in total. The zero-order valence-electron chi connectivity index (χ0n) is 14.3. The Morgan fingerprint density at radius 1 is 1.23 bits per heavy atom. The number of ether oxygens (including phenoxy) is 1. The highest BCUT2D eigenvalue weighted by Crippen LogP contribution is 2.22. The van der Waals surface area contributed by atoms with Crippen LogP contribution in [-0.4, -0.2) is 20.2 Å². The van der Waals surface area contributed by atoms with Gasteiger partial charge in [0.15, 0.2) is 0 Å². The third-order valence-electron chi connectivity index (χ3n) is 3.76. The average Bonchev–Trinajstić information content (AvgIpc) is 3.07. The van der Waals surface area contributed by atoms with E-state index in [1.165, 1.54) is 6.07 Å². The molecule has 1 aromatic heterocycles. The van der Waals surface area contributed by atoms with Crippen molar-refractivity contribution in [2.24, 2.45) is 0 Å². The van der Waals surface area contributed by atoms with Crippen LogP contribution in [0.5, 0.6) is 5.75 Å². The molecule has 0 radical (unpaired) electrons. The normalized spacial score (nSPS) is 10.7. The Bertz CT molecular complexity index is 850. The summed E-state index contributed by atoms with van der Waals surface area (Å²) in [5, 5.41) is 15.1. The summed E-state index contributed by atoms with van der Waals surface area (Å²) in [7, 11) is 0. The van der Waals surface area contributed by atoms with Gasteiger partial charge in [-0.2, -0.15) is 0 Å². The number of benzene rings is 2. The summed E-state index contributed by atoms with van der Waals surface area (Å²) in [5.41, 5.74) is 1.34. The highest BCUT2D eigenvalue weighted by molar-refractivity contribution is 6.31. The Morgan fingerprint density at radius 2 is 2.08 bits per heavy atom. The first-order valence-corrected chi connectivity index (χ1v) is 8.70. The molecule has 136 valence electrons. The lowest BCUT2D eigenvalue weighted by Crippen LogP contribution is -2.09. The lowest BCUT2D eigenvalue weighted by Gasteiger charge is -2.11. The molecule has 26 heavy (non-hydrogen) atoms. The Morgan fingerprint density at radius 3 is 2.88 bits per heavy atom. The molecule has 0 bridgehead atoms. The zero-order chi connectivity index (χ0) is 18.4. The van der Waals surface area contributed by atoms with Crippen LogP contribution in [0.3, 0.4) is 0 Å². The van der Waals surface area contributed by atoms with Crippen molar-refractivity contribution in [3.05, 3.63) is 64.4 Å². The van der Waals surface area contributed by atoms with Crippen LogP contribution >= 0.6 is 11.6 Å². The summed E-state index contributed by atoms with van der Waals surface area (Å²) in [6.45, 7) is 3.43. The minimum absolute atomic E-state index is 0.0666. The van der Waals surface area contributed by atoms with Crippen LogP contribution in [0, 0.1) is 5.82 Å². The highest BCUT2D eigenvalue weighted by Gasteiger charge is 2.08. The minimum Gasteiger partial charge on any atom is -0.489 e. The van der Waals surface area contributed by atoms with Crippen molar-refractivity contribution in [1.82, 2.24) is 20.2 Å². The van der Waals surface area contributed by atoms with E-state index in [1.807, 2.05) is 24.3 Å². The van der Waals surface area contributed by atoms with Crippen LogP contribution in [0.25, 0.3) is 0 Å². The molecule has 0 fully saturated rings. The van der Waals surface area contributed by atoms with Crippen LogP contribution in [0.4, 0.5) is 10.3 Å². The van der Waals surface area contributed by atoms with Crippen molar-refractivity contribution in [3.8, 4) is 5.75 Å². The van der Waals surface area contributed by atoms with Crippen molar-refractivity contribution in [3.63, 3.8) is 0 Å². The lowest BCUT2D eigenvalue weighted by molar-refractivity contribution is 0.299. The predicted octanol–water partition coefficient (Wildman–Crippen LogP) is 4.07. The molecule has 0 aliphatic heterocycles. The van der Waals surface area contributed by atoms with Crippen LogP contribution in [0.15, 0.2) is 42.5 Å². The smallest absolute Gasteiger partial charge is 0.243 e. The Balaban J connectivity index is 1.62. The summed E-state index contributed by atoms with van der Waals surface area (Å²) in [6.07, 6.45) is 0.946. The summed E-state index contributed by atoms with van der Waals surface area (Å²) in [4.78, 5) is 0. The number of nitrogens with zero attached hydrogens (tertiary/aromatic N) is 4. The number of tetrazole rings is 1. The van der Waals surface area contributed by atoms with Gasteiger partial charge in [0.05, 0.1) is 5.02 Å².